The lowest BCUT2D eigenvalue weighted by atomic mass is 9.80. The second-order valence-electron chi connectivity index (χ2n) is 4.19. The first kappa shape index (κ1) is 11.0. The molecule has 86 valence electrons. The summed E-state index contributed by atoms with van der Waals surface area (Å²) in [4.78, 5) is 13.3. The van der Waals surface area contributed by atoms with Gasteiger partial charge in [-0.05, 0) is 12.1 Å². The van der Waals surface area contributed by atoms with Gasteiger partial charge in [-0.3, -0.25) is 4.79 Å². The molecule has 1 fully saturated rings. The highest BCUT2D eigenvalue weighted by atomic mass is 19.3. The average molecular weight is 225 g/mol. The standard InChI is InChI=1S/C12H13F2NO/c1-15(10-5-3-2-4-6-10)11(16)9-7-12(13,14)8-9/h2-6,9H,7-8H2,1H3. The van der Waals surface area contributed by atoms with E-state index in [2.05, 4.69) is 0 Å². The molecule has 1 amide bonds. The predicted octanol–water partition coefficient (Wildman–Crippen LogP) is 2.69. The summed E-state index contributed by atoms with van der Waals surface area (Å²) in [5.41, 5.74) is 0.739. The summed E-state index contributed by atoms with van der Waals surface area (Å²) in [5.74, 6) is -3.39. The van der Waals surface area contributed by atoms with Crippen LogP contribution in [0.25, 0.3) is 0 Å². The molecular weight excluding hydrogens is 212 g/mol. The van der Waals surface area contributed by atoms with Gasteiger partial charge < -0.3 is 4.90 Å². The fourth-order valence-corrected chi connectivity index (χ4v) is 1.89. The molecule has 0 N–H and O–H groups in total. The van der Waals surface area contributed by atoms with Crippen molar-refractivity contribution in [2.24, 2.45) is 5.92 Å². The van der Waals surface area contributed by atoms with Crippen molar-refractivity contribution in [1.82, 2.24) is 0 Å². The predicted molar refractivity (Wildman–Crippen MR) is 57.5 cm³/mol. The maximum Gasteiger partial charge on any atom is 0.249 e. The minimum absolute atomic E-state index is 0.225. The Labute approximate surface area is 92.9 Å². The number of halogens is 2. The molecule has 0 aliphatic heterocycles. The van der Waals surface area contributed by atoms with Gasteiger partial charge in [0.15, 0.2) is 0 Å². The molecule has 0 bridgehead atoms. The second-order valence-corrected chi connectivity index (χ2v) is 4.19. The van der Waals surface area contributed by atoms with E-state index in [-0.39, 0.29) is 18.7 Å². The van der Waals surface area contributed by atoms with E-state index in [4.69, 9.17) is 0 Å². The van der Waals surface area contributed by atoms with Gasteiger partial charge in [-0.15, -0.1) is 0 Å². The molecule has 1 aromatic rings. The molecule has 0 saturated heterocycles. The summed E-state index contributed by atoms with van der Waals surface area (Å²) in [6.07, 6.45) is -0.633. The highest BCUT2D eigenvalue weighted by Gasteiger charge is 2.49. The molecule has 0 heterocycles. The smallest absolute Gasteiger partial charge is 0.249 e. The highest BCUT2D eigenvalue weighted by molar-refractivity contribution is 5.95. The zero-order valence-electron chi connectivity index (χ0n) is 8.99. The number of rotatable bonds is 2. The normalized spacial score (nSPS) is 18.9. The van der Waals surface area contributed by atoms with Gasteiger partial charge in [0.25, 0.3) is 0 Å². The van der Waals surface area contributed by atoms with Gasteiger partial charge in [-0.1, -0.05) is 18.2 Å². The molecule has 1 aromatic carbocycles. The van der Waals surface area contributed by atoms with E-state index < -0.39 is 11.8 Å². The SMILES string of the molecule is CN(C(=O)C1CC(F)(F)C1)c1ccccc1. The number of hydrogen-bond donors (Lipinski definition) is 0. The Bertz CT molecular complexity index is 383. The number of alkyl halides is 2. The molecule has 2 rings (SSSR count). The molecule has 0 atom stereocenters. The van der Waals surface area contributed by atoms with Crippen LogP contribution in [0.5, 0.6) is 0 Å². The Morgan fingerprint density at radius 3 is 2.38 bits per heavy atom. The molecule has 0 spiro atoms. The van der Waals surface area contributed by atoms with Crippen LogP contribution in [0, 0.1) is 5.92 Å². The molecule has 1 aliphatic rings. The van der Waals surface area contributed by atoms with E-state index in [0.717, 1.165) is 5.69 Å². The minimum atomic E-state index is -2.64. The summed E-state index contributed by atoms with van der Waals surface area (Å²) in [7, 11) is 1.62. The summed E-state index contributed by atoms with van der Waals surface area (Å²) in [6, 6.07) is 9.05. The first-order valence-electron chi connectivity index (χ1n) is 5.20. The van der Waals surface area contributed by atoms with E-state index in [1.165, 1.54) is 4.90 Å². The van der Waals surface area contributed by atoms with Crippen LogP contribution in [0.3, 0.4) is 0 Å². The van der Waals surface area contributed by atoms with Crippen molar-refractivity contribution in [3.8, 4) is 0 Å². The molecule has 2 nitrogen and oxygen atoms in total. The Morgan fingerprint density at radius 1 is 1.31 bits per heavy atom. The third-order valence-electron chi connectivity index (χ3n) is 2.91. The summed E-state index contributed by atoms with van der Waals surface area (Å²) in [5, 5.41) is 0. The quantitative estimate of drug-likeness (QED) is 0.757. The lowest BCUT2D eigenvalue weighted by molar-refractivity contribution is -0.147. The van der Waals surface area contributed by atoms with Gasteiger partial charge in [0.1, 0.15) is 0 Å². The van der Waals surface area contributed by atoms with E-state index in [1.54, 1.807) is 19.2 Å². The number of para-hydroxylation sites is 1. The Morgan fingerprint density at radius 2 is 1.88 bits per heavy atom. The zero-order chi connectivity index (χ0) is 11.8. The van der Waals surface area contributed by atoms with Crippen LogP contribution in [0.15, 0.2) is 30.3 Å². The van der Waals surface area contributed by atoms with Crippen molar-refractivity contribution in [3.63, 3.8) is 0 Å². The molecule has 0 radical (unpaired) electrons. The van der Waals surface area contributed by atoms with Crippen LogP contribution in [0.4, 0.5) is 14.5 Å². The summed E-state index contributed by atoms with van der Waals surface area (Å²) >= 11 is 0. The monoisotopic (exact) mass is 225 g/mol. The van der Waals surface area contributed by atoms with Crippen LogP contribution >= 0.6 is 0 Å². The maximum atomic E-state index is 12.6. The second kappa shape index (κ2) is 3.85. The fourth-order valence-electron chi connectivity index (χ4n) is 1.89. The Hall–Kier alpha value is -1.45. The highest BCUT2D eigenvalue weighted by Crippen LogP contribution is 2.43. The Balaban J connectivity index is 2.01. The van der Waals surface area contributed by atoms with Gasteiger partial charge in [0, 0.05) is 31.5 Å². The van der Waals surface area contributed by atoms with Gasteiger partial charge in [-0.25, -0.2) is 8.78 Å². The van der Waals surface area contributed by atoms with Crippen molar-refractivity contribution in [3.05, 3.63) is 30.3 Å². The summed E-state index contributed by atoms with van der Waals surface area (Å²) < 4.78 is 25.3. The van der Waals surface area contributed by atoms with Crippen molar-refractivity contribution >= 4 is 11.6 Å². The lowest BCUT2D eigenvalue weighted by Gasteiger charge is -2.36. The van der Waals surface area contributed by atoms with Crippen LogP contribution in [0.1, 0.15) is 12.8 Å². The molecule has 1 aliphatic carbocycles. The fraction of sp³-hybridized carbons (Fsp3) is 0.417. The van der Waals surface area contributed by atoms with Crippen molar-refractivity contribution in [2.45, 2.75) is 18.8 Å². The van der Waals surface area contributed by atoms with Crippen molar-refractivity contribution < 1.29 is 13.6 Å². The minimum Gasteiger partial charge on any atom is -0.315 e. The van der Waals surface area contributed by atoms with Gasteiger partial charge >= 0.3 is 0 Å². The summed E-state index contributed by atoms with van der Waals surface area (Å²) in [6.45, 7) is 0. The van der Waals surface area contributed by atoms with Crippen LogP contribution < -0.4 is 4.90 Å². The molecule has 4 heteroatoms. The largest absolute Gasteiger partial charge is 0.315 e. The van der Waals surface area contributed by atoms with Gasteiger partial charge in [-0.2, -0.15) is 0 Å². The molecule has 0 aromatic heterocycles. The molecule has 1 saturated carbocycles. The molecule has 0 unspecified atom stereocenters. The number of hydrogen-bond acceptors (Lipinski definition) is 1. The molecule has 16 heavy (non-hydrogen) atoms. The first-order valence-corrected chi connectivity index (χ1v) is 5.20. The number of carbonyl (C=O) groups excluding carboxylic acids is 1. The van der Waals surface area contributed by atoms with Gasteiger partial charge in [0.05, 0.1) is 0 Å². The lowest BCUT2D eigenvalue weighted by Crippen LogP contribution is -2.45. The Kier molecular flexibility index (Phi) is 2.66. The van der Waals surface area contributed by atoms with E-state index in [9.17, 15) is 13.6 Å². The van der Waals surface area contributed by atoms with E-state index in [0.29, 0.717) is 0 Å². The zero-order valence-corrected chi connectivity index (χ0v) is 8.99. The third-order valence-corrected chi connectivity index (χ3v) is 2.91. The van der Waals surface area contributed by atoms with Crippen molar-refractivity contribution in [2.75, 3.05) is 11.9 Å². The van der Waals surface area contributed by atoms with Crippen molar-refractivity contribution in [1.29, 1.82) is 0 Å². The number of benzene rings is 1. The van der Waals surface area contributed by atoms with Crippen LogP contribution in [0.2, 0.25) is 0 Å². The van der Waals surface area contributed by atoms with Gasteiger partial charge in [0.2, 0.25) is 11.8 Å². The van der Waals surface area contributed by atoms with E-state index in [1.807, 2.05) is 18.2 Å². The average Bonchev–Trinajstić information content (AvgIpc) is 2.25. The third kappa shape index (κ3) is 2.05. The number of anilines is 1. The van der Waals surface area contributed by atoms with Crippen LogP contribution in [-0.4, -0.2) is 18.9 Å². The first-order chi connectivity index (χ1) is 7.49. The molecular formula is C12H13F2NO. The number of carbonyl (C=O) groups is 1. The number of nitrogens with zero attached hydrogens (tertiary/aromatic N) is 1. The topological polar surface area (TPSA) is 20.3 Å². The number of amides is 1. The van der Waals surface area contributed by atoms with E-state index >= 15 is 0 Å². The maximum absolute atomic E-state index is 12.6. The van der Waals surface area contributed by atoms with Crippen LogP contribution in [-0.2, 0) is 4.79 Å².